The molecule has 0 unspecified atom stereocenters. The van der Waals surface area contributed by atoms with Crippen molar-refractivity contribution < 1.29 is 4.74 Å². The van der Waals surface area contributed by atoms with Gasteiger partial charge in [-0.1, -0.05) is 0 Å². The molecule has 2 nitrogen and oxygen atoms in total. The molecule has 0 saturated carbocycles. The standard InChI is InChI=1S/C8H7NOS3/c1-10-5-2-3-7-6(4-5)9-8(12-7)13-11/h2-4,11H,1H3. The Morgan fingerprint density at radius 1 is 1.54 bits per heavy atom. The van der Waals surface area contributed by atoms with Gasteiger partial charge >= 0.3 is 0 Å². The van der Waals surface area contributed by atoms with Crippen LogP contribution in [0.2, 0.25) is 0 Å². The quantitative estimate of drug-likeness (QED) is 0.631. The minimum atomic E-state index is 0.841. The molecule has 2 aromatic rings. The van der Waals surface area contributed by atoms with E-state index in [2.05, 4.69) is 16.6 Å². The molecular weight excluding hydrogens is 222 g/mol. The van der Waals surface area contributed by atoms with Gasteiger partial charge < -0.3 is 4.74 Å². The number of thiazole rings is 1. The maximum atomic E-state index is 5.10. The number of methoxy groups -OCH3 is 1. The summed E-state index contributed by atoms with van der Waals surface area (Å²) in [6.45, 7) is 0. The summed E-state index contributed by atoms with van der Waals surface area (Å²) in [5.74, 6) is 0.841. The van der Waals surface area contributed by atoms with Crippen LogP contribution in [0.1, 0.15) is 0 Å². The third kappa shape index (κ3) is 1.77. The Morgan fingerprint density at radius 2 is 2.38 bits per heavy atom. The van der Waals surface area contributed by atoms with Crippen molar-refractivity contribution in [2.75, 3.05) is 7.11 Å². The van der Waals surface area contributed by atoms with Crippen LogP contribution < -0.4 is 4.74 Å². The van der Waals surface area contributed by atoms with E-state index in [4.69, 9.17) is 4.74 Å². The summed E-state index contributed by atoms with van der Waals surface area (Å²) in [4.78, 5) is 4.36. The van der Waals surface area contributed by atoms with Gasteiger partial charge in [-0.3, -0.25) is 0 Å². The molecule has 0 radical (unpaired) electrons. The second kappa shape index (κ2) is 3.77. The molecule has 0 amide bonds. The molecular formula is C8H7NOS3. The Kier molecular flexibility index (Phi) is 2.66. The number of ether oxygens (including phenoxy) is 1. The Labute approximate surface area is 89.1 Å². The van der Waals surface area contributed by atoms with Crippen molar-refractivity contribution in [2.45, 2.75) is 4.34 Å². The molecule has 0 saturated heterocycles. The van der Waals surface area contributed by atoms with Crippen LogP contribution in [-0.4, -0.2) is 12.1 Å². The van der Waals surface area contributed by atoms with Gasteiger partial charge in [-0.25, -0.2) is 4.98 Å². The number of fused-ring (bicyclic) bond motifs is 1. The van der Waals surface area contributed by atoms with Crippen LogP contribution in [0.25, 0.3) is 10.2 Å². The van der Waals surface area contributed by atoms with Gasteiger partial charge in [-0.2, -0.15) is 0 Å². The minimum Gasteiger partial charge on any atom is -0.497 e. The van der Waals surface area contributed by atoms with Crippen LogP contribution in [-0.2, 0) is 0 Å². The summed E-state index contributed by atoms with van der Waals surface area (Å²) >= 11 is 5.74. The van der Waals surface area contributed by atoms with Gasteiger partial charge in [0.2, 0.25) is 0 Å². The van der Waals surface area contributed by atoms with E-state index in [-0.39, 0.29) is 0 Å². The average Bonchev–Trinajstić information content (AvgIpc) is 2.58. The first kappa shape index (κ1) is 9.18. The summed E-state index contributed by atoms with van der Waals surface area (Å²) in [5, 5.41) is 0. The topological polar surface area (TPSA) is 22.1 Å². The van der Waals surface area contributed by atoms with E-state index in [0.29, 0.717) is 0 Å². The number of hydrogen-bond acceptors (Lipinski definition) is 5. The summed E-state index contributed by atoms with van der Waals surface area (Å²) in [6, 6.07) is 5.88. The fourth-order valence-electron chi connectivity index (χ4n) is 1.05. The zero-order valence-corrected chi connectivity index (χ0v) is 9.38. The molecule has 2 rings (SSSR count). The maximum absolute atomic E-state index is 5.10. The predicted molar refractivity (Wildman–Crippen MR) is 61.0 cm³/mol. The highest BCUT2D eigenvalue weighted by atomic mass is 33.1. The molecule has 0 fully saturated rings. The average molecular weight is 229 g/mol. The van der Waals surface area contributed by atoms with E-state index >= 15 is 0 Å². The van der Waals surface area contributed by atoms with E-state index in [9.17, 15) is 0 Å². The van der Waals surface area contributed by atoms with Crippen molar-refractivity contribution in [1.29, 1.82) is 0 Å². The molecule has 0 aliphatic carbocycles. The van der Waals surface area contributed by atoms with Gasteiger partial charge in [0.05, 0.1) is 17.3 Å². The Hall–Kier alpha value is -0.390. The molecule has 1 aromatic carbocycles. The van der Waals surface area contributed by atoms with Crippen molar-refractivity contribution in [2.24, 2.45) is 0 Å². The van der Waals surface area contributed by atoms with E-state index in [1.165, 1.54) is 10.8 Å². The second-order valence-electron chi connectivity index (χ2n) is 2.40. The van der Waals surface area contributed by atoms with Crippen molar-refractivity contribution >= 4 is 44.0 Å². The van der Waals surface area contributed by atoms with Crippen LogP contribution >= 0.6 is 33.8 Å². The van der Waals surface area contributed by atoms with Crippen molar-refractivity contribution in [3.05, 3.63) is 18.2 Å². The largest absolute Gasteiger partial charge is 0.497 e. The first-order valence-electron chi connectivity index (χ1n) is 3.59. The molecule has 68 valence electrons. The van der Waals surface area contributed by atoms with E-state index in [1.54, 1.807) is 18.4 Å². The summed E-state index contributed by atoms with van der Waals surface area (Å²) < 4.78 is 7.23. The van der Waals surface area contributed by atoms with E-state index in [1.807, 2.05) is 18.2 Å². The van der Waals surface area contributed by atoms with Crippen molar-refractivity contribution in [1.82, 2.24) is 4.98 Å². The molecule has 1 aromatic heterocycles. The molecule has 0 spiro atoms. The van der Waals surface area contributed by atoms with E-state index < -0.39 is 0 Å². The van der Waals surface area contributed by atoms with Crippen LogP contribution in [0.5, 0.6) is 5.75 Å². The maximum Gasteiger partial charge on any atom is 0.161 e. The zero-order chi connectivity index (χ0) is 9.26. The lowest BCUT2D eigenvalue weighted by Gasteiger charge is -1.96. The Balaban J connectivity index is 2.57. The van der Waals surface area contributed by atoms with Gasteiger partial charge in [0.1, 0.15) is 5.75 Å². The van der Waals surface area contributed by atoms with Gasteiger partial charge in [-0.05, 0) is 22.9 Å². The van der Waals surface area contributed by atoms with Crippen LogP contribution in [0, 0.1) is 0 Å². The number of hydrogen-bond donors (Lipinski definition) is 1. The SMILES string of the molecule is COc1ccc2sc(SS)nc2c1. The summed E-state index contributed by atoms with van der Waals surface area (Å²) in [6.07, 6.45) is 0. The second-order valence-corrected chi connectivity index (χ2v) is 4.81. The van der Waals surface area contributed by atoms with Crippen LogP contribution in [0.15, 0.2) is 22.5 Å². The lowest BCUT2D eigenvalue weighted by atomic mass is 10.3. The summed E-state index contributed by atoms with van der Waals surface area (Å²) in [7, 11) is 3.02. The molecule has 0 N–H and O–H groups in total. The monoisotopic (exact) mass is 229 g/mol. The Morgan fingerprint density at radius 3 is 3.08 bits per heavy atom. The van der Waals surface area contributed by atoms with Gasteiger partial charge in [0.15, 0.2) is 4.34 Å². The highest BCUT2D eigenvalue weighted by molar-refractivity contribution is 8.69. The molecule has 13 heavy (non-hydrogen) atoms. The zero-order valence-electron chi connectivity index (χ0n) is 6.85. The van der Waals surface area contributed by atoms with Crippen LogP contribution in [0.4, 0.5) is 0 Å². The molecule has 0 aliphatic rings. The van der Waals surface area contributed by atoms with Crippen LogP contribution in [0.3, 0.4) is 0 Å². The van der Waals surface area contributed by atoms with Gasteiger partial charge in [-0.15, -0.1) is 23.0 Å². The lowest BCUT2D eigenvalue weighted by molar-refractivity contribution is 0.415. The van der Waals surface area contributed by atoms with Crippen molar-refractivity contribution in [3.8, 4) is 5.75 Å². The molecule has 0 aliphatic heterocycles. The predicted octanol–water partition coefficient (Wildman–Crippen LogP) is 3.24. The van der Waals surface area contributed by atoms with E-state index in [0.717, 1.165) is 20.3 Å². The smallest absolute Gasteiger partial charge is 0.161 e. The molecule has 5 heteroatoms. The molecule has 0 atom stereocenters. The molecule has 0 bridgehead atoms. The third-order valence-corrected chi connectivity index (χ3v) is 4.12. The fourth-order valence-corrected chi connectivity index (χ4v) is 2.74. The number of rotatable bonds is 2. The number of benzene rings is 1. The number of nitrogens with zero attached hydrogens (tertiary/aromatic N) is 1. The first-order chi connectivity index (χ1) is 6.33. The van der Waals surface area contributed by atoms with Crippen molar-refractivity contribution in [3.63, 3.8) is 0 Å². The highest BCUT2D eigenvalue weighted by Crippen LogP contribution is 2.32. The van der Waals surface area contributed by atoms with Gasteiger partial charge in [0.25, 0.3) is 0 Å². The Bertz CT molecular complexity index is 424. The fraction of sp³-hybridized carbons (Fsp3) is 0.125. The minimum absolute atomic E-state index is 0.841. The molecule has 1 heterocycles. The number of aromatic nitrogens is 1. The lowest BCUT2D eigenvalue weighted by Crippen LogP contribution is -1.80. The first-order valence-corrected chi connectivity index (χ1v) is 6.28. The summed E-state index contributed by atoms with van der Waals surface area (Å²) in [5.41, 5.74) is 0.973. The number of thiol groups is 1. The normalized spacial score (nSPS) is 10.6. The third-order valence-electron chi connectivity index (χ3n) is 1.65. The van der Waals surface area contributed by atoms with Gasteiger partial charge in [0, 0.05) is 6.07 Å². The highest BCUT2D eigenvalue weighted by Gasteiger charge is 2.03.